The fraction of sp³-hybridized carbons (Fsp3) is 0.307. The van der Waals surface area contributed by atoms with Crippen molar-refractivity contribution in [1.82, 2.24) is 0 Å². The minimum atomic E-state index is -0.740. The van der Waals surface area contributed by atoms with E-state index in [1.54, 1.807) is 6.07 Å². The SMILES string of the molecule is Cc1ccc2c(c1)C(=O)CCC2.Cc1ccc2c(c1)C(=O)CCC2.Cc1cccc2c1CCC=C2.Cc1cccc2c1CCC=C2.Cc1cccc2c1CCCC2=O.Nc1ccc(CCCC(=O)O)cc1.Oc1cccc2c1CCC=C2.[Na+].[OH-]. The number of ketones is 3. The average Bonchev–Trinajstić information content (AvgIpc) is 3.67. The Kier molecular flexibility index (Phi) is 27.8. The summed E-state index contributed by atoms with van der Waals surface area (Å²) in [5.74, 6) is 0.655. The molecule has 0 saturated carbocycles. The van der Waals surface area contributed by atoms with Crippen LogP contribution in [0.15, 0.2) is 152 Å². The van der Waals surface area contributed by atoms with E-state index >= 15 is 0 Å². The number of carbonyl (C=O) groups is 4. The molecule has 0 saturated heterocycles. The van der Waals surface area contributed by atoms with Gasteiger partial charge in [0.05, 0.1) is 0 Å². The molecule has 8 nitrogen and oxygen atoms in total. The Bertz CT molecular complexity index is 3200. The Labute approximate surface area is 521 Å². The Balaban J connectivity index is 0.000000179. The number of carboxylic acid groups (broad SMARTS) is 1. The molecule has 5 N–H and O–H groups in total. The molecule has 6 aliphatic carbocycles. The molecule has 0 fully saturated rings. The zero-order valence-electron chi connectivity index (χ0n) is 50.4. The Morgan fingerprint density at radius 3 is 1.33 bits per heavy atom. The molecular formula is C75H84NNaO7. The molecule has 0 bridgehead atoms. The van der Waals surface area contributed by atoms with Crippen LogP contribution in [0.2, 0.25) is 0 Å². The van der Waals surface area contributed by atoms with E-state index in [9.17, 15) is 24.3 Å². The van der Waals surface area contributed by atoms with Crippen molar-refractivity contribution in [3.8, 4) is 5.75 Å². The summed E-state index contributed by atoms with van der Waals surface area (Å²) in [6, 6.07) is 44.6. The third kappa shape index (κ3) is 20.3. The van der Waals surface area contributed by atoms with Gasteiger partial charge >= 0.3 is 35.5 Å². The first-order valence-corrected chi connectivity index (χ1v) is 29.6. The summed E-state index contributed by atoms with van der Waals surface area (Å²) in [5.41, 5.74) is 28.7. The summed E-state index contributed by atoms with van der Waals surface area (Å²) in [6.07, 6.45) is 30.2. The number of phenolic OH excluding ortho intramolecular Hbond substituents is 1. The number of nitrogens with two attached hydrogens (primary N) is 1. The molecule has 0 aliphatic heterocycles. The molecule has 0 atom stereocenters. The van der Waals surface area contributed by atoms with Crippen LogP contribution >= 0.6 is 0 Å². The van der Waals surface area contributed by atoms with Gasteiger partial charge in [-0.3, -0.25) is 19.2 Å². The number of benzene rings is 7. The predicted octanol–water partition coefficient (Wildman–Crippen LogP) is 14.3. The van der Waals surface area contributed by atoms with Crippen LogP contribution < -0.4 is 35.3 Å². The third-order valence-corrected chi connectivity index (χ3v) is 15.9. The minimum absolute atomic E-state index is 0. The fourth-order valence-corrected chi connectivity index (χ4v) is 11.2. The second-order valence-electron chi connectivity index (χ2n) is 22.2. The largest absolute Gasteiger partial charge is 1.00 e. The van der Waals surface area contributed by atoms with Crippen LogP contribution in [-0.4, -0.2) is 39.0 Å². The zero-order valence-corrected chi connectivity index (χ0v) is 52.4. The van der Waals surface area contributed by atoms with Crippen molar-refractivity contribution in [3.05, 3.63) is 252 Å². The molecule has 9 heteroatoms. The summed E-state index contributed by atoms with van der Waals surface area (Å²) >= 11 is 0. The number of anilines is 1. The van der Waals surface area contributed by atoms with Crippen LogP contribution in [0.25, 0.3) is 18.2 Å². The van der Waals surface area contributed by atoms with Gasteiger partial charge in [0.25, 0.3) is 0 Å². The molecule has 7 aromatic carbocycles. The van der Waals surface area contributed by atoms with E-state index in [-0.39, 0.29) is 41.5 Å². The van der Waals surface area contributed by atoms with E-state index in [1.807, 2.05) is 74.5 Å². The average molecular weight is 1130 g/mol. The summed E-state index contributed by atoms with van der Waals surface area (Å²) in [4.78, 5) is 44.5. The molecular weight excluding hydrogens is 1050 g/mol. The number of carbonyl (C=O) groups excluding carboxylic acids is 3. The number of aryl methyl sites for hydroxylation is 8. The van der Waals surface area contributed by atoms with Gasteiger partial charge in [0.15, 0.2) is 17.3 Å². The second-order valence-corrected chi connectivity index (χ2v) is 22.2. The number of nitrogen functional groups attached to an aromatic ring is 1. The minimum Gasteiger partial charge on any atom is -0.870 e. The van der Waals surface area contributed by atoms with Crippen molar-refractivity contribution in [3.63, 3.8) is 0 Å². The van der Waals surface area contributed by atoms with Crippen LogP contribution in [-0.2, 0) is 49.7 Å². The molecule has 84 heavy (non-hydrogen) atoms. The first-order valence-electron chi connectivity index (χ1n) is 29.6. The maximum Gasteiger partial charge on any atom is 1.00 e. The van der Waals surface area contributed by atoms with Crippen LogP contribution in [0.5, 0.6) is 5.75 Å². The number of carboxylic acids is 1. The molecule has 7 aromatic rings. The second kappa shape index (κ2) is 34.5. The van der Waals surface area contributed by atoms with Gasteiger partial charge in [-0.15, -0.1) is 0 Å². The van der Waals surface area contributed by atoms with Crippen molar-refractivity contribution in [2.45, 2.75) is 150 Å². The molecule has 0 unspecified atom stereocenters. The third-order valence-electron chi connectivity index (χ3n) is 15.9. The van der Waals surface area contributed by atoms with E-state index in [1.165, 1.54) is 92.4 Å². The first-order chi connectivity index (χ1) is 39.6. The molecule has 0 spiro atoms. The normalized spacial score (nSPS) is 14.1. The van der Waals surface area contributed by atoms with Crippen LogP contribution in [0.3, 0.4) is 0 Å². The molecule has 6 aliphatic rings. The van der Waals surface area contributed by atoms with Crippen molar-refractivity contribution >= 4 is 47.2 Å². The zero-order chi connectivity index (χ0) is 58.4. The Morgan fingerprint density at radius 1 is 0.464 bits per heavy atom. The standard InChI is InChI=1S/3C11H12O.2C11H12.C10H13NO2.C10H10O.Na.H2O/c1-8-4-2-6-10-9(8)5-3-7-11(10)12;2*1-8-5-6-9-3-2-4-11(12)10(9)7-8;2*1-9-5-4-7-10-6-2-3-8-11(9)10;11-9-6-4-8(5-7-9)2-1-3-10(12)13;11-10-7-3-5-8-4-1-2-6-9(8)10;;/h2,4,6H,3,5,7H2,1H3;2*5-7H,2-4H2,1H3;2*2,4-7H,3,8H2,1H3;4-7H,1-3,11H2,(H,12,13);1,3-5,7,11H,2,6H2;;1H2/q;;;;;;;+1;/p-1. The van der Waals surface area contributed by atoms with Gasteiger partial charge in [0.1, 0.15) is 5.75 Å². The molecule has 0 heterocycles. The van der Waals surface area contributed by atoms with Crippen LogP contribution in [0.4, 0.5) is 5.69 Å². The number of hydrogen-bond acceptors (Lipinski definition) is 7. The molecule has 0 amide bonds. The number of fused-ring (bicyclic) bond motifs is 6. The number of phenols is 1. The first kappa shape index (κ1) is 67.6. The van der Waals surface area contributed by atoms with E-state index in [0.717, 1.165) is 116 Å². The smallest absolute Gasteiger partial charge is 0.870 e. The van der Waals surface area contributed by atoms with Crippen molar-refractivity contribution in [2.75, 3.05) is 5.73 Å². The maximum atomic E-state index is 11.4. The van der Waals surface area contributed by atoms with Gasteiger partial charge in [-0.25, -0.2) is 0 Å². The van der Waals surface area contributed by atoms with Gasteiger partial charge in [0.2, 0.25) is 0 Å². The van der Waals surface area contributed by atoms with Gasteiger partial charge in [-0.05, 0) is 222 Å². The monoisotopic (exact) mass is 1130 g/mol. The number of allylic oxidation sites excluding steroid dienone is 3. The molecule has 432 valence electrons. The van der Waals surface area contributed by atoms with E-state index in [0.29, 0.717) is 29.5 Å². The molecule has 0 radical (unpaired) electrons. The summed E-state index contributed by atoms with van der Waals surface area (Å²) < 4.78 is 0. The van der Waals surface area contributed by atoms with Gasteiger partial charge in [0, 0.05) is 53.6 Å². The summed E-state index contributed by atoms with van der Waals surface area (Å²) in [5, 5.41) is 17.8. The molecule has 13 rings (SSSR count). The van der Waals surface area contributed by atoms with Crippen LogP contribution in [0.1, 0.15) is 185 Å². The maximum absolute atomic E-state index is 11.4. The number of rotatable bonds is 4. The van der Waals surface area contributed by atoms with Crippen LogP contribution in [0, 0.1) is 34.6 Å². The fourth-order valence-electron chi connectivity index (χ4n) is 11.2. The predicted molar refractivity (Wildman–Crippen MR) is 341 cm³/mol. The van der Waals surface area contributed by atoms with Crippen molar-refractivity contribution < 1.29 is 64.4 Å². The van der Waals surface area contributed by atoms with E-state index in [2.05, 4.69) is 124 Å². The Hall–Kier alpha value is -7.20. The van der Waals surface area contributed by atoms with Crippen molar-refractivity contribution in [2.24, 2.45) is 0 Å². The number of hydrogen-bond donors (Lipinski definition) is 3. The summed E-state index contributed by atoms with van der Waals surface area (Å²) in [7, 11) is 0. The summed E-state index contributed by atoms with van der Waals surface area (Å²) in [6.45, 7) is 10.5. The topological polar surface area (TPSA) is 165 Å². The quantitative estimate of drug-likeness (QED) is 0.116. The number of aromatic hydroxyl groups is 1. The van der Waals surface area contributed by atoms with Gasteiger partial charge < -0.3 is 21.4 Å². The van der Waals surface area contributed by atoms with Gasteiger partial charge in [-0.1, -0.05) is 151 Å². The van der Waals surface area contributed by atoms with Crippen molar-refractivity contribution in [1.29, 1.82) is 0 Å². The number of Topliss-reactive ketones (excluding diaryl/α,β-unsaturated/α-hetero) is 3. The molecule has 0 aromatic heterocycles. The van der Waals surface area contributed by atoms with E-state index in [4.69, 9.17) is 10.8 Å². The number of aliphatic carboxylic acids is 1. The Morgan fingerprint density at radius 2 is 0.881 bits per heavy atom. The van der Waals surface area contributed by atoms with Gasteiger partial charge in [-0.2, -0.15) is 0 Å². The van der Waals surface area contributed by atoms with E-state index < -0.39 is 5.97 Å².